The molecule has 0 aliphatic carbocycles. The molecular formula is C24H28N4O3. The zero-order valence-corrected chi connectivity index (χ0v) is 18.0. The summed E-state index contributed by atoms with van der Waals surface area (Å²) >= 11 is 0. The number of nitrogens with one attached hydrogen (secondary N) is 1. The molecule has 0 saturated carbocycles. The van der Waals surface area contributed by atoms with Crippen LogP contribution < -0.4 is 15.6 Å². The van der Waals surface area contributed by atoms with Gasteiger partial charge in [-0.2, -0.15) is 5.10 Å². The Morgan fingerprint density at radius 3 is 2.42 bits per heavy atom. The first kappa shape index (κ1) is 21.1. The summed E-state index contributed by atoms with van der Waals surface area (Å²) in [5.41, 5.74) is 1.20. The molecule has 0 bridgehead atoms. The van der Waals surface area contributed by atoms with Crippen LogP contribution in [0.2, 0.25) is 0 Å². The van der Waals surface area contributed by atoms with Crippen LogP contribution >= 0.6 is 0 Å². The van der Waals surface area contributed by atoms with Gasteiger partial charge in [0, 0.05) is 19.0 Å². The number of hydrogen-bond acceptors (Lipinski definition) is 5. The largest absolute Gasteiger partial charge is 0.497 e. The number of piperidine rings is 1. The van der Waals surface area contributed by atoms with E-state index in [0.29, 0.717) is 17.3 Å². The van der Waals surface area contributed by atoms with Crippen LogP contribution in [-0.4, -0.2) is 47.3 Å². The third kappa shape index (κ3) is 4.46. The molecule has 1 amide bonds. The number of benzene rings is 2. The van der Waals surface area contributed by atoms with Crippen LogP contribution in [0.4, 0.5) is 0 Å². The van der Waals surface area contributed by atoms with Crippen molar-refractivity contribution in [2.45, 2.75) is 25.3 Å². The number of aryl methyl sites for hydroxylation is 1. The van der Waals surface area contributed by atoms with Crippen LogP contribution in [0.5, 0.6) is 5.75 Å². The van der Waals surface area contributed by atoms with Crippen molar-refractivity contribution < 1.29 is 9.53 Å². The van der Waals surface area contributed by atoms with Crippen LogP contribution in [-0.2, 0) is 7.05 Å². The number of carbonyl (C=O) groups excluding carboxylic acids is 1. The van der Waals surface area contributed by atoms with Crippen LogP contribution in [0, 0.1) is 0 Å². The van der Waals surface area contributed by atoms with Crippen molar-refractivity contribution >= 4 is 16.7 Å². The van der Waals surface area contributed by atoms with Gasteiger partial charge < -0.3 is 10.1 Å². The third-order valence-electron chi connectivity index (χ3n) is 5.96. The van der Waals surface area contributed by atoms with Crippen molar-refractivity contribution in [1.29, 1.82) is 0 Å². The number of aromatic nitrogens is 2. The normalized spacial score (nSPS) is 15.5. The molecule has 4 rings (SSSR count). The second-order valence-corrected chi connectivity index (χ2v) is 7.92. The molecule has 3 aromatic rings. The Hall–Kier alpha value is -3.19. The van der Waals surface area contributed by atoms with Crippen LogP contribution in [0.1, 0.15) is 41.4 Å². The van der Waals surface area contributed by atoms with Gasteiger partial charge in [-0.25, -0.2) is 4.68 Å². The fraction of sp³-hybridized carbons (Fsp3) is 0.375. The van der Waals surface area contributed by atoms with Gasteiger partial charge in [0.2, 0.25) is 0 Å². The van der Waals surface area contributed by atoms with E-state index in [0.717, 1.165) is 37.2 Å². The minimum atomic E-state index is -0.276. The molecule has 31 heavy (non-hydrogen) atoms. The molecular weight excluding hydrogens is 392 g/mol. The van der Waals surface area contributed by atoms with Gasteiger partial charge in [-0.15, -0.1) is 0 Å². The highest BCUT2D eigenvalue weighted by Gasteiger charge is 2.24. The zero-order valence-electron chi connectivity index (χ0n) is 18.0. The highest BCUT2D eigenvalue weighted by molar-refractivity contribution is 6.04. The summed E-state index contributed by atoms with van der Waals surface area (Å²) in [5.74, 6) is 0.536. The lowest BCUT2D eigenvalue weighted by molar-refractivity contribution is 0.0919. The number of rotatable bonds is 6. The summed E-state index contributed by atoms with van der Waals surface area (Å²) in [6.45, 7) is 2.48. The van der Waals surface area contributed by atoms with Crippen LogP contribution in [0.25, 0.3) is 10.8 Å². The molecule has 7 nitrogen and oxygen atoms in total. The number of hydrogen-bond donors (Lipinski definition) is 1. The average molecular weight is 421 g/mol. The highest BCUT2D eigenvalue weighted by Crippen LogP contribution is 2.26. The molecule has 2 heterocycles. The number of likely N-dealkylation sites (tertiary alicyclic amines) is 1. The van der Waals surface area contributed by atoms with Gasteiger partial charge in [0.05, 0.1) is 18.5 Å². The van der Waals surface area contributed by atoms with Crippen molar-refractivity contribution in [2.75, 3.05) is 26.7 Å². The first-order chi connectivity index (χ1) is 15.1. The molecule has 1 atom stereocenters. The van der Waals surface area contributed by atoms with E-state index in [1.165, 1.54) is 11.1 Å². The minimum Gasteiger partial charge on any atom is -0.497 e. The van der Waals surface area contributed by atoms with E-state index in [-0.39, 0.29) is 23.2 Å². The number of nitrogens with zero attached hydrogens (tertiary/aromatic N) is 3. The van der Waals surface area contributed by atoms with E-state index >= 15 is 0 Å². The monoisotopic (exact) mass is 420 g/mol. The van der Waals surface area contributed by atoms with Gasteiger partial charge in [-0.3, -0.25) is 14.5 Å². The van der Waals surface area contributed by atoms with Crippen LogP contribution in [0.15, 0.2) is 53.3 Å². The summed E-state index contributed by atoms with van der Waals surface area (Å²) in [5, 5.41) is 8.39. The molecule has 1 N–H and O–H groups in total. The maximum Gasteiger partial charge on any atom is 0.274 e. The van der Waals surface area contributed by atoms with Crippen molar-refractivity contribution in [3.05, 3.63) is 70.1 Å². The zero-order chi connectivity index (χ0) is 21.8. The number of fused-ring (bicyclic) bond motifs is 1. The molecule has 1 aliphatic heterocycles. The van der Waals surface area contributed by atoms with Gasteiger partial charge in [-0.1, -0.05) is 36.8 Å². The Labute approximate surface area is 181 Å². The van der Waals surface area contributed by atoms with E-state index in [9.17, 15) is 9.59 Å². The van der Waals surface area contributed by atoms with Gasteiger partial charge in [-0.05, 0) is 49.7 Å². The molecule has 1 aromatic heterocycles. The number of carbonyl (C=O) groups is 1. The van der Waals surface area contributed by atoms with Gasteiger partial charge in [0.1, 0.15) is 5.75 Å². The summed E-state index contributed by atoms with van der Waals surface area (Å²) < 4.78 is 6.52. The first-order valence-electron chi connectivity index (χ1n) is 10.7. The van der Waals surface area contributed by atoms with Crippen LogP contribution in [0.3, 0.4) is 0 Å². The second kappa shape index (κ2) is 9.31. The molecule has 0 radical (unpaired) electrons. The molecule has 1 unspecified atom stereocenters. The van der Waals surface area contributed by atoms with E-state index in [1.54, 1.807) is 32.4 Å². The first-order valence-corrected chi connectivity index (χ1v) is 10.7. The van der Waals surface area contributed by atoms with Gasteiger partial charge in [0.15, 0.2) is 5.69 Å². The molecule has 2 aromatic carbocycles. The van der Waals surface area contributed by atoms with Crippen molar-refractivity contribution in [1.82, 2.24) is 20.0 Å². The predicted octanol–water partition coefficient (Wildman–Crippen LogP) is 2.90. The maximum absolute atomic E-state index is 13.1. The van der Waals surface area contributed by atoms with Crippen molar-refractivity contribution in [3.8, 4) is 5.75 Å². The Balaban J connectivity index is 1.59. The number of ether oxygens (including phenoxy) is 1. The summed E-state index contributed by atoms with van der Waals surface area (Å²) in [7, 11) is 3.22. The fourth-order valence-electron chi connectivity index (χ4n) is 4.25. The molecule has 162 valence electrons. The smallest absolute Gasteiger partial charge is 0.274 e. The molecule has 1 saturated heterocycles. The molecule has 1 fully saturated rings. The predicted molar refractivity (Wildman–Crippen MR) is 120 cm³/mol. The third-order valence-corrected chi connectivity index (χ3v) is 5.96. The van der Waals surface area contributed by atoms with E-state index in [4.69, 9.17) is 4.74 Å². The van der Waals surface area contributed by atoms with E-state index < -0.39 is 0 Å². The minimum absolute atomic E-state index is 0.0638. The fourth-order valence-corrected chi connectivity index (χ4v) is 4.25. The lowest BCUT2D eigenvalue weighted by Crippen LogP contribution is -2.41. The van der Waals surface area contributed by atoms with Gasteiger partial charge in [0.25, 0.3) is 11.5 Å². The Kier molecular flexibility index (Phi) is 6.32. The number of methoxy groups -OCH3 is 1. The second-order valence-electron chi connectivity index (χ2n) is 7.92. The Bertz CT molecular complexity index is 1120. The molecule has 1 aliphatic rings. The lowest BCUT2D eigenvalue weighted by Gasteiger charge is -2.35. The molecule has 7 heteroatoms. The van der Waals surface area contributed by atoms with Crippen molar-refractivity contribution in [3.63, 3.8) is 0 Å². The number of amides is 1. The maximum atomic E-state index is 13.1. The topological polar surface area (TPSA) is 76.5 Å². The summed E-state index contributed by atoms with van der Waals surface area (Å²) in [4.78, 5) is 27.9. The highest BCUT2D eigenvalue weighted by atomic mass is 16.5. The standard InChI is InChI=1S/C24H28N4O3/c1-27-24(30)20-9-5-4-8-19(20)22(26-27)23(29)25-16-21(28-14-6-3-7-15-28)17-10-12-18(31-2)13-11-17/h4-5,8-13,21H,3,6-7,14-16H2,1-2H3,(H,25,29). The van der Waals surface area contributed by atoms with E-state index in [1.807, 2.05) is 18.2 Å². The Morgan fingerprint density at radius 1 is 1.06 bits per heavy atom. The molecule has 0 spiro atoms. The Morgan fingerprint density at radius 2 is 1.74 bits per heavy atom. The van der Waals surface area contributed by atoms with Gasteiger partial charge >= 0.3 is 0 Å². The summed E-state index contributed by atoms with van der Waals surface area (Å²) in [6, 6.07) is 15.2. The summed E-state index contributed by atoms with van der Waals surface area (Å²) in [6.07, 6.45) is 3.56. The lowest BCUT2D eigenvalue weighted by atomic mass is 10.0. The average Bonchev–Trinajstić information content (AvgIpc) is 2.82. The van der Waals surface area contributed by atoms with E-state index in [2.05, 4.69) is 27.4 Å². The SMILES string of the molecule is COc1ccc(C(CNC(=O)c2nn(C)c(=O)c3ccccc23)N2CCCCC2)cc1. The van der Waals surface area contributed by atoms with Crippen molar-refractivity contribution in [2.24, 2.45) is 7.05 Å². The quantitative estimate of drug-likeness (QED) is 0.664.